The molecule has 3 N–H and O–H groups in total. The summed E-state index contributed by atoms with van der Waals surface area (Å²) in [5.41, 5.74) is 6.02. The van der Waals surface area contributed by atoms with E-state index < -0.39 is 0 Å². The molecule has 0 aromatic rings. The average Bonchev–Trinajstić information content (AvgIpc) is 2.99. The predicted molar refractivity (Wildman–Crippen MR) is 61.9 cm³/mol. The number of hydrogen-bond donors (Lipinski definition) is 2. The van der Waals surface area contributed by atoms with E-state index in [4.69, 9.17) is 5.73 Å². The highest BCUT2D eigenvalue weighted by Crippen LogP contribution is 2.34. The topological polar surface area (TPSA) is 58.4 Å². The van der Waals surface area contributed by atoms with Crippen molar-refractivity contribution in [3.05, 3.63) is 0 Å². The van der Waals surface area contributed by atoms with Gasteiger partial charge in [0.2, 0.25) is 0 Å². The van der Waals surface area contributed by atoms with Crippen LogP contribution in [0.1, 0.15) is 32.1 Å². The number of likely N-dealkylation sites (tertiary alicyclic amines) is 1. The van der Waals surface area contributed by atoms with Crippen LogP contribution in [0.5, 0.6) is 0 Å². The van der Waals surface area contributed by atoms with Gasteiger partial charge in [0.05, 0.1) is 0 Å². The molecule has 4 nitrogen and oxygen atoms in total. The summed E-state index contributed by atoms with van der Waals surface area (Å²) >= 11 is 0. The molecular formula is C12H21N3O. The van der Waals surface area contributed by atoms with E-state index in [9.17, 15) is 4.79 Å². The molecule has 3 rings (SSSR count). The number of fused-ring (bicyclic) bond motifs is 2. The Kier molecular flexibility index (Phi) is 2.54. The summed E-state index contributed by atoms with van der Waals surface area (Å²) in [6.45, 7) is 1.84. The molecule has 0 spiro atoms. The van der Waals surface area contributed by atoms with Crippen LogP contribution in [0.25, 0.3) is 0 Å². The third-order valence-electron chi connectivity index (χ3n) is 4.09. The Bertz CT molecular complexity index is 272. The molecule has 4 heteroatoms. The van der Waals surface area contributed by atoms with Crippen LogP contribution in [0, 0.1) is 11.8 Å². The molecule has 2 aliphatic carbocycles. The van der Waals surface area contributed by atoms with E-state index in [0.717, 1.165) is 38.8 Å². The highest BCUT2D eigenvalue weighted by Gasteiger charge is 2.36. The van der Waals surface area contributed by atoms with E-state index in [-0.39, 0.29) is 6.03 Å². The summed E-state index contributed by atoms with van der Waals surface area (Å²) in [5.74, 6) is 1.29. The van der Waals surface area contributed by atoms with E-state index in [1.54, 1.807) is 0 Å². The number of amides is 2. The quantitative estimate of drug-likeness (QED) is 0.694. The van der Waals surface area contributed by atoms with E-state index in [1.165, 1.54) is 6.42 Å². The van der Waals surface area contributed by atoms with Gasteiger partial charge in [-0.15, -0.1) is 0 Å². The van der Waals surface area contributed by atoms with Gasteiger partial charge in [0.15, 0.2) is 0 Å². The molecule has 0 aromatic heterocycles. The Morgan fingerprint density at radius 2 is 1.75 bits per heavy atom. The fourth-order valence-corrected chi connectivity index (χ4v) is 3.27. The van der Waals surface area contributed by atoms with E-state index in [1.807, 2.05) is 4.90 Å². The van der Waals surface area contributed by atoms with Crippen LogP contribution in [0.2, 0.25) is 0 Å². The number of piperidine rings is 1. The van der Waals surface area contributed by atoms with Crippen molar-refractivity contribution in [2.45, 2.75) is 44.2 Å². The van der Waals surface area contributed by atoms with Crippen molar-refractivity contribution >= 4 is 6.03 Å². The number of nitrogens with two attached hydrogens (primary N) is 1. The second-order valence-electron chi connectivity index (χ2n) is 5.83. The molecule has 1 saturated heterocycles. The summed E-state index contributed by atoms with van der Waals surface area (Å²) in [6, 6.07) is 1.00. The zero-order valence-corrected chi connectivity index (χ0v) is 9.69. The lowest BCUT2D eigenvalue weighted by molar-refractivity contribution is 0.0940. The Morgan fingerprint density at radius 3 is 2.31 bits per heavy atom. The molecule has 3 fully saturated rings. The van der Waals surface area contributed by atoms with Gasteiger partial charge in [-0.05, 0) is 43.9 Å². The molecule has 0 radical (unpaired) electrons. The monoisotopic (exact) mass is 223 g/mol. The zero-order valence-electron chi connectivity index (χ0n) is 9.69. The van der Waals surface area contributed by atoms with Crippen molar-refractivity contribution in [2.75, 3.05) is 13.1 Å². The SMILES string of the molecule is NC1CC2CC(C1)CN(C(=O)NC1CC1)C2. The Hall–Kier alpha value is -0.770. The predicted octanol–water partition coefficient (Wildman–Crippen LogP) is 0.918. The van der Waals surface area contributed by atoms with E-state index >= 15 is 0 Å². The van der Waals surface area contributed by atoms with Gasteiger partial charge in [0.25, 0.3) is 0 Å². The maximum Gasteiger partial charge on any atom is 0.317 e. The third kappa shape index (κ3) is 2.17. The minimum Gasteiger partial charge on any atom is -0.335 e. The number of nitrogens with one attached hydrogen (secondary N) is 1. The number of carbonyl (C=O) groups is 1. The van der Waals surface area contributed by atoms with Crippen LogP contribution in [-0.4, -0.2) is 36.1 Å². The highest BCUT2D eigenvalue weighted by atomic mass is 16.2. The van der Waals surface area contributed by atoms with Gasteiger partial charge in [0, 0.05) is 25.2 Å². The van der Waals surface area contributed by atoms with Crippen molar-refractivity contribution in [1.82, 2.24) is 10.2 Å². The molecule has 2 unspecified atom stereocenters. The van der Waals surface area contributed by atoms with Gasteiger partial charge in [-0.1, -0.05) is 0 Å². The zero-order chi connectivity index (χ0) is 11.1. The molecule has 90 valence electrons. The minimum absolute atomic E-state index is 0.160. The normalized spacial score (nSPS) is 38.3. The lowest BCUT2D eigenvalue weighted by Gasteiger charge is -2.43. The van der Waals surface area contributed by atoms with Gasteiger partial charge >= 0.3 is 6.03 Å². The van der Waals surface area contributed by atoms with Crippen molar-refractivity contribution < 1.29 is 4.79 Å². The maximum atomic E-state index is 11.9. The van der Waals surface area contributed by atoms with Gasteiger partial charge in [-0.3, -0.25) is 0 Å². The van der Waals surface area contributed by atoms with E-state index in [2.05, 4.69) is 5.32 Å². The number of nitrogens with zero attached hydrogens (tertiary/aromatic N) is 1. The number of urea groups is 1. The summed E-state index contributed by atoms with van der Waals surface area (Å²) in [7, 11) is 0. The van der Waals surface area contributed by atoms with Crippen LogP contribution in [0.3, 0.4) is 0 Å². The molecule has 16 heavy (non-hydrogen) atoms. The summed E-state index contributed by atoms with van der Waals surface area (Å²) in [6.07, 6.45) is 5.81. The Labute approximate surface area is 96.5 Å². The summed E-state index contributed by atoms with van der Waals surface area (Å²) in [5, 5.41) is 3.08. The average molecular weight is 223 g/mol. The standard InChI is InChI=1S/C12H21N3O/c13-10-4-8-3-9(5-10)7-15(6-8)12(16)14-11-1-2-11/h8-11H,1-7,13H2,(H,14,16). The van der Waals surface area contributed by atoms with Crippen molar-refractivity contribution in [1.29, 1.82) is 0 Å². The first kappa shape index (κ1) is 10.4. The molecule has 3 aliphatic rings. The van der Waals surface area contributed by atoms with E-state index in [0.29, 0.717) is 23.9 Å². The first-order chi connectivity index (χ1) is 7.70. The molecule has 0 aromatic carbocycles. The highest BCUT2D eigenvalue weighted by molar-refractivity contribution is 5.75. The fraction of sp³-hybridized carbons (Fsp3) is 0.917. The van der Waals surface area contributed by atoms with Crippen LogP contribution >= 0.6 is 0 Å². The second kappa shape index (κ2) is 3.91. The minimum atomic E-state index is 0.160. The molecule has 2 saturated carbocycles. The van der Waals surface area contributed by atoms with Crippen LogP contribution in [-0.2, 0) is 0 Å². The smallest absolute Gasteiger partial charge is 0.317 e. The first-order valence-corrected chi connectivity index (χ1v) is 6.51. The lowest BCUT2D eigenvalue weighted by Crippen LogP contribution is -2.52. The number of hydrogen-bond acceptors (Lipinski definition) is 2. The fourth-order valence-electron chi connectivity index (χ4n) is 3.27. The van der Waals surface area contributed by atoms with Crippen molar-refractivity contribution in [3.63, 3.8) is 0 Å². The first-order valence-electron chi connectivity index (χ1n) is 6.51. The number of rotatable bonds is 1. The van der Waals surface area contributed by atoms with Crippen LogP contribution in [0.15, 0.2) is 0 Å². The maximum absolute atomic E-state index is 11.9. The lowest BCUT2D eigenvalue weighted by atomic mass is 9.76. The summed E-state index contributed by atoms with van der Waals surface area (Å²) in [4.78, 5) is 14.0. The summed E-state index contributed by atoms with van der Waals surface area (Å²) < 4.78 is 0. The van der Waals surface area contributed by atoms with Gasteiger partial charge < -0.3 is 16.0 Å². The molecule has 2 atom stereocenters. The second-order valence-corrected chi connectivity index (χ2v) is 5.83. The third-order valence-corrected chi connectivity index (χ3v) is 4.09. The van der Waals surface area contributed by atoms with Crippen molar-refractivity contribution in [2.24, 2.45) is 17.6 Å². The Morgan fingerprint density at radius 1 is 1.12 bits per heavy atom. The van der Waals surface area contributed by atoms with Gasteiger partial charge in [-0.2, -0.15) is 0 Å². The van der Waals surface area contributed by atoms with Gasteiger partial charge in [-0.25, -0.2) is 4.79 Å². The molecule has 1 aliphatic heterocycles. The molecular weight excluding hydrogens is 202 g/mol. The Balaban J connectivity index is 1.58. The molecule has 2 amide bonds. The molecule has 1 heterocycles. The largest absolute Gasteiger partial charge is 0.335 e. The van der Waals surface area contributed by atoms with Gasteiger partial charge in [0.1, 0.15) is 0 Å². The molecule has 2 bridgehead atoms. The van der Waals surface area contributed by atoms with Crippen LogP contribution in [0.4, 0.5) is 4.79 Å². The van der Waals surface area contributed by atoms with Crippen molar-refractivity contribution in [3.8, 4) is 0 Å². The van der Waals surface area contributed by atoms with Crippen LogP contribution < -0.4 is 11.1 Å². The number of carbonyl (C=O) groups excluding carboxylic acids is 1.